The summed E-state index contributed by atoms with van der Waals surface area (Å²) in [6.45, 7) is 5.52. The number of ether oxygens (including phenoxy) is 1. The molecular formula is C13H17ClO3. The van der Waals surface area contributed by atoms with Gasteiger partial charge < -0.3 is 9.84 Å². The number of hydrogen-bond donors (Lipinski definition) is 1. The van der Waals surface area contributed by atoms with Crippen molar-refractivity contribution in [2.24, 2.45) is 0 Å². The van der Waals surface area contributed by atoms with Crippen LogP contribution in [-0.2, 0) is 16.0 Å². The van der Waals surface area contributed by atoms with Gasteiger partial charge in [0, 0.05) is 11.4 Å². The Hall–Kier alpha value is -1.06. The summed E-state index contributed by atoms with van der Waals surface area (Å²) in [5, 5.41) is 9.73. The van der Waals surface area contributed by atoms with Crippen LogP contribution >= 0.6 is 11.6 Å². The number of halogens is 1. The normalized spacial score (nSPS) is 12.8. The average molecular weight is 257 g/mol. The molecule has 1 rings (SSSR count). The van der Waals surface area contributed by atoms with Crippen LogP contribution in [-0.4, -0.2) is 23.3 Å². The van der Waals surface area contributed by atoms with Gasteiger partial charge in [-0.3, -0.25) is 0 Å². The Bertz CT molecular complexity index is 402. The van der Waals surface area contributed by atoms with Gasteiger partial charge in [0.25, 0.3) is 0 Å². The Labute approximate surface area is 106 Å². The van der Waals surface area contributed by atoms with E-state index < -0.39 is 12.1 Å². The van der Waals surface area contributed by atoms with E-state index in [2.05, 4.69) is 0 Å². The lowest BCUT2D eigenvalue weighted by Crippen LogP contribution is -2.29. The van der Waals surface area contributed by atoms with Crippen molar-refractivity contribution in [3.8, 4) is 0 Å². The van der Waals surface area contributed by atoms with Crippen molar-refractivity contribution >= 4 is 17.6 Å². The van der Waals surface area contributed by atoms with Gasteiger partial charge in [-0.2, -0.15) is 0 Å². The van der Waals surface area contributed by atoms with E-state index in [1.807, 2.05) is 32.9 Å². The summed E-state index contributed by atoms with van der Waals surface area (Å²) in [6, 6.07) is 5.49. The SMILES string of the molecule is Cc1c(Cl)cccc1C[C@H](OC(C)C)C(=O)O. The first-order chi connectivity index (χ1) is 7.91. The molecule has 0 aliphatic carbocycles. The second-order valence-corrected chi connectivity index (χ2v) is 4.65. The first kappa shape index (κ1) is 14.0. The maximum Gasteiger partial charge on any atom is 0.333 e. The smallest absolute Gasteiger partial charge is 0.333 e. The van der Waals surface area contributed by atoms with Crippen LogP contribution in [0.1, 0.15) is 25.0 Å². The van der Waals surface area contributed by atoms with E-state index in [9.17, 15) is 4.79 Å². The lowest BCUT2D eigenvalue weighted by atomic mass is 10.0. The minimum atomic E-state index is -0.946. The maximum absolute atomic E-state index is 11.1. The van der Waals surface area contributed by atoms with E-state index in [1.54, 1.807) is 6.07 Å². The average Bonchev–Trinajstić information content (AvgIpc) is 2.22. The summed E-state index contributed by atoms with van der Waals surface area (Å²) < 4.78 is 5.37. The zero-order chi connectivity index (χ0) is 13.0. The minimum Gasteiger partial charge on any atom is -0.479 e. The van der Waals surface area contributed by atoms with Gasteiger partial charge in [0.15, 0.2) is 6.10 Å². The molecule has 94 valence electrons. The quantitative estimate of drug-likeness (QED) is 0.881. The number of aliphatic carboxylic acids is 1. The third-order valence-electron chi connectivity index (χ3n) is 2.50. The number of carbonyl (C=O) groups is 1. The molecule has 0 spiro atoms. The Morgan fingerprint density at radius 2 is 2.12 bits per heavy atom. The molecule has 1 aromatic carbocycles. The Morgan fingerprint density at radius 3 is 2.65 bits per heavy atom. The first-order valence-corrected chi connectivity index (χ1v) is 5.92. The predicted octanol–water partition coefficient (Wildman–Crippen LogP) is 3.07. The van der Waals surface area contributed by atoms with Gasteiger partial charge >= 0.3 is 5.97 Å². The number of benzene rings is 1. The molecule has 3 nitrogen and oxygen atoms in total. The van der Waals surface area contributed by atoms with E-state index >= 15 is 0 Å². The Kier molecular flexibility index (Phi) is 4.97. The lowest BCUT2D eigenvalue weighted by Gasteiger charge is -2.17. The zero-order valence-electron chi connectivity index (χ0n) is 10.2. The molecule has 0 heterocycles. The van der Waals surface area contributed by atoms with Crippen molar-refractivity contribution in [3.05, 3.63) is 34.3 Å². The third-order valence-corrected chi connectivity index (χ3v) is 2.91. The van der Waals surface area contributed by atoms with E-state index in [0.29, 0.717) is 11.4 Å². The van der Waals surface area contributed by atoms with Crippen molar-refractivity contribution in [1.29, 1.82) is 0 Å². The highest BCUT2D eigenvalue weighted by molar-refractivity contribution is 6.31. The highest BCUT2D eigenvalue weighted by Crippen LogP contribution is 2.21. The van der Waals surface area contributed by atoms with Crippen LogP contribution in [0.15, 0.2) is 18.2 Å². The zero-order valence-corrected chi connectivity index (χ0v) is 11.0. The Morgan fingerprint density at radius 1 is 1.47 bits per heavy atom. The minimum absolute atomic E-state index is 0.115. The molecule has 1 atom stereocenters. The van der Waals surface area contributed by atoms with Crippen LogP contribution in [0.25, 0.3) is 0 Å². The summed E-state index contributed by atoms with van der Waals surface area (Å²) in [4.78, 5) is 11.1. The van der Waals surface area contributed by atoms with E-state index in [-0.39, 0.29) is 6.10 Å². The van der Waals surface area contributed by atoms with Crippen molar-refractivity contribution in [2.45, 2.75) is 39.4 Å². The van der Waals surface area contributed by atoms with Crippen LogP contribution in [0.4, 0.5) is 0 Å². The van der Waals surface area contributed by atoms with Crippen molar-refractivity contribution in [2.75, 3.05) is 0 Å². The summed E-state index contributed by atoms with van der Waals surface area (Å²) in [5.41, 5.74) is 1.82. The molecule has 0 radical (unpaired) electrons. The van der Waals surface area contributed by atoms with E-state index in [1.165, 1.54) is 0 Å². The van der Waals surface area contributed by atoms with Gasteiger partial charge in [0.1, 0.15) is 0 Å². The number of hydrogen-bond acceptors (Lipinski definition) is 2. The van der Waals surface area contributed by atoms with Gasteiger partial charge in [-0.1, -0.05) is 23.7 Å². The second-order valence-electron chi connectivity index (χ2n) is 4.24. The largest absolute Gasteiger partial charge is 0.479 e. The highest BCUT2D eigenvalue weighted by Gasteiger charge is 2.21. The molecule has 1 aromatic rings. The summed E-state index contributed by atoms with van der Waals surface area (Å²) in [5.74, 6) is -0.946. The molecule has 4 heteroatoms. The van der Waals surface area contributed by atoms with Crippen LogP contribution in [0.3, 0.4) is 0 Å². The molecule has 0 amide bonds. The lowest BCUT2D eigenvalue weighted by molar-refractivity contribution is -0.153. The van der Waals surface area contributed by atoms with Crippen LogP contribution < -0.4 is 0 Å². The first-order valence-electron chi connectivity index (χ1n) is 5.54. The molecule has 0 saturated carbocycles. The van der Waals surface area contributed by atoms with E-state index in [4.69, 9.17) is 21.4 Å². The summed E-state index contributed by atoms with van der Waals surface area (Å²) in [7, 11) is 0. The molecule has 0 aliphatic rings. The molecule has 0 aromatic heterocycles. The Balaban J connectivity index is 2.86. The van der Waals surface area contributed by atoms with Crippen molar-refractivity contribution in [1.82, 2.24) is 0 Å². The molecule has 0 aliphatic heterocycles. The molecule has 1 N–H and O–H groups in total. The predicted molar refractivity (Wildman–Crippen MR) is 67.5 cm³/mol. The van der Waals surface area contributed by atoms with Gasteiger partial charge in [-0.25, -0.2) is 4.79 Å². The number of rotatable bonds is 5. The van der Waals surface area contributed by atoms with Crippen molar-refractivity contribution in [3.63, 3.8) is 0 Å². The molecule has 0 fully saturated rings. The van der Waals surface area contributed by atoms with Crippen molar-refractivity contribution < 1.29 is 14.6 Å². The van der Waals surface area contributed by atoms with Gasteiger partial charge in [-0.05, 0) is 38.0 Å². The fourth-order valence-corrected chi connectivity index (χ4v) is 1.79. The second kappa shape index (κ2) is 6.03. The third kappa shape index (κ3) is 4.02. The van der Waals surface area contributed by atoms with E-state index in [0.717, 1.165) is 11.1 Å². The standard InChI is InChI=1S/C13H17ClO3/c1-8(2)17-12(13(15)16)7-10-5-4-6-11(14)9(10)3/h4-6,8,12H,7H2,1-3H3,(H,15,16)/t12-/m0/s1. The highest BCUT2D eigenvalue weighted by atomic mass is 35.5. The fourth-order valence-electron chi connectivity index (χ4n) is 1.60. The topological polar surface area (TPSA) is 46.5 Å². The van der Waals surface area contributed by atoms with Crippen LogP contribution in [0.5, 0.6) is 0 Å². The summed E-state index contributed by atoms with van der Waals surface area (Å²) in [6.07, 6.45) is -0.609. The van der Waals surface area contributed by atoms with Gasteiger partial charge in [-0.15, -0.1) is 0 Å². The molecule has 0 bridgehead atoms. The van der Waals surface area contributed by atoms with Gasteiger partial charge in [0.2, 0.25) is 0 Å². The van der Waals surface area contributed by atoms with Crippen LogP contribution in [0.2, 0.25) is 5.02 Å². The molecular weight excluding hydrogens is 240 g/mol. The van der Waals surface area contributed by atoms with Crippen LogP contribution in [0, 0.1) is 6.92 Å². The number of carboxylic acid groups (broad SMARTS) is 1. The monoisotopic (exact) mass is 256 g/mol. The molecule has 0 saturated heterocycles. The fraction of sp³-hybridized carbons (Fsp3) is 0.462. The number of carboxylic acids is 1. The molecule has 17 heavy (non-hydrogen) atoms. The maximum atomic E-state index is 11.1. The summed E-state index contributed by atoms with van der Waals surface area (Å²) >= 11 is 5.99. The molecule has 0 unspecified atom stereocenters. The van der Waals surface area contributed by atoms with Gasteiger partial charge in [0.05, 0.1) is 6.10 Å².